The highest BCUT2D eigenvalue weighted by molar-refractivity contribution is 6.31. The zero-order valence-corrected chi connectivity index (χ0v) is 18.4. The van der Waals surface area contributed by atoms with Gasteiger partial charge in [-0.15, -0.1) is 0 Å². The molecule has 1 aliphatic carbocycles. The number of nitrogens with zero attached hydrogens (tertiary/aromatic N) is 1. The van der Waals surface area contributed by atoms with E-state index in [1.807, 2.05) is 54.6 Å². The molecule has 2 aromatic heterocycles. The minimum atomic E-state index is -0.383. The Labute approximate surface area is 194 Å². The van der Waals surface area contributed by atoms with Gasteiger partial charge in [0.25, 0.3) is 0 Å². The molecule has 6 rings (SSSR count). The van der Waals surface area contributed by atoms with Crippen molar-refractivity contribution in [2.45, 2.75) is 19.3 Å². The molecule has 0 aliphatic heterocycles. The van der Waals surface area contributed by atoms with E-state index >= 15 is 0 Å². The number of ether oxygens (including phenoxy) is 1. The third-order valence-corrected chi connectivity index (χ3v) is 6.16. The summed E-state index contributed by atoms with van der Waals surface area (Å²) < 4.78 is 11.2. The number of nitrogens with one attached hydrogen (secondary N) is 1. The van der Waals surface area contributed by atoms with Crippen LogP contribution >= 0.6 is 11.6 Å². The molecule has 162 valence electrons. The van der Waals surface area contributed by atoms with Crippen LogP contribution in [0.2, 0.25) is 5.02 Å². The Morgan fingerprint density at radius 2 is 1.73 bits per heavy atom. The summed E-state index contributed by atoms with van der Waals surface area (Å²) in [6.45, 7) is 0. The molecule has 0 atom stereocenters. The average Bonchev–Trinajstić information content (AvgIpc) is 3.29. The fraction of sp³-hybridized carbons (Fsp3) is 0.111. The number of aryl methyl sites for hydroxylation is 1. The van der Waals surface area contributed by atoms with E-state index in [1.165, 1.54) is 11.6 Å². The topological polar surface area (TPSA) is 64.4 Å². The highest BCUT2D eigenvalue weighted by Gasteiger charge is 2.20. The zero-order chi connectivity index (χ0) is 22.4. The van der Waals surface area contributed by atoms with Gasteiger partial charge >= 0.3 is 5.63 Å². The van der Waals surface area contributed by atoms with Gasteiger partial charge in [0, 0.05) is 39.3 Å². The van der Waals surface area contributed by atoms with E-state index in [-0.39, 0.29) is 5.63 Å². The van der Waals surface area contributed by atoms with Crippen molar-refractivity contribution in [1.82, 2.24) is 4.98 Å². The highest BCUT2D eigenvalue weighted by atomic mass is 35.5. The first-order valence-corrected chi connectivity index (χ1v) is 11.2. The predicted molar refractivity (Wildman–Crippen MR) is 131 cm³/mol. The van der Waals surface area contributed by atoms with Crippen molar-refractivity contribution in [3.8, 4) is 11.5 Å². The van der Waals surface area contributed by atoms with Crippen molar-refractivity contribution >= 4 is 44.8 Å². The smallest absolute Gasteiger partial charge is 0.336 e. The summed E-state index contributed by atoms with van der Waals surface area (Å²) >= 11 is 6.29. The van der Waals surface area contributed by atoms with E-state index in [9.17, 15) is 4.79 Å². The Kier molecular flexibility index (Phi) is 4.77. The van der Waals surface area contributed by atoms with Crippen LogP contribution in [0, 0.1) is 0 Å². The first-order chi connectivity index (χ1) is 16.1. The van der Waals surface area contributed by atoms with Crippen LogP contribution in [0.3, 0.4) is 0 Å². The third kappa shape index (κ3) is 3.81. The molecule has 5 nitrogen and oxygen atoms in total. The van der Waals surface area contributed by atoms with E-state index < -0.39 is 0 Å². The summed E-state index contributed by atoms with van der Waals surface area (Å²) in [5.41, 5.74) is 5.52. The lowest BCUT2D eigenvalue weighted by molar-refractivity contribution is 0.480. The second-order valence-corrected chi connectivity index (χ2v) is 8.57. The number of halogens is 1. The molecule has 1 aliphatic rings. The molecule has 0 bridgehead atoms. The number of aromatic nitrogens is 1. The first-order valence-electron chi connectivity index (χ1n) is 10.8. The van der Waals surface area contributed by atoms with E-state index in [0.29, 0.717) is 22.1 Å². The van der Waals surface area contributed by atoms with Crippen LogP contribution in [-0.4, -0.2) is 4.98 Å². The van der Waals surface area contributed by atoms with Gasteiger partial charge in [0.05, 0.1) is 11.2 Å². The van der Waals surface area contributed by atoms with Crippen molar-refractivity contribution < 1.29 is 9.15 Å². The van der Waals surface area contributed by atoms with Gasteiger partial charge in [-0.2, -0.15) is 0 Å². The molecule has 0 saturated carbocycles. The summed E-state index contributed by atoms with van der Waals surface area (Å²) in [5.74, 6) is 1.29. The molecular weight excluding hydrogens is 436 g/mol. The Morgan fingerprint density at radius 3 is 2.61 bits per heavy atom. The van der Waals surface area contributed by atoms with E-state index in [0.717, 1.165) is 52.6 Å². The van der Waals surface area contributed by atoms with Crippen molar-refractivity contribution in [2.75, 3.05) is 5.32 Å². The van der Waals surface area contributed by atoms with Gasteiger partial charge in [-0.1, -0.05) is 11.6 Å². The fourth-order valence-corrected chi connectivity index (χ4v) is 4.54. The van der Waals surface area contributed by atoms with Crippen LogP contribution in [-0.2, 0) is 12.8 Å². The van der Waals surface area contributed by atoms with E-state index in [1.54, 1.807) is 12.1 Å². The van der Waals surface area contributed by atoms with Gasteiger partial charge in [0.2, 0.25) is 0 Å². The number of hydrogen-bond acceptors (Lipinski definition) is 5. The van der Waals surface area contributed by atoms with Gasteiger partial charge in [-0.3, -0.25) is 4.98 Å². The molecule has 33 heavy (non-hydrogen) atoms. The molecule has 0 saturated heterocycles. The largest absolute Gasteiger partial charge is 0.457 e. The Hall–Kier alpha value is -3.83. The summed E-state index contributed by atoms with van der Waals surface area (Å²) in [7, 11) is 0. The number of anilines is 2. The third-order valence-electron chi connectivity index (χ3n) is 5.93. The van der Waals surface area contributed by atoms with E-state index in [4.69, 9.17) is 25.7 Å². The lowest BCUT2D eigenvalue weighted by Crippen LogP contribution is -2.00. The summed E-state index contributed by atoms with van der Waals surface area (Å²) in [4.78, 5) is 16.3. The first kappa shape index (κ1) is 19.8. The fourth-order valence-electron chi connectivity index (χ4n) is 4.37. The minimum Gasteiger partial charge on any atom is -0.457 e. The van der Waals surface area contributed by atoms with Crippen molar-refractivity contribution in [3.63, 3.8) is 0 Å². The zero-order valence-electron chi connectivity index (χ0n) is 17.6. The second-order valence-electron chi connectivity index (χ2n) is 8.13. The van der Waals surface area contributed by atoms with Gasteiger partial charge in [-0.05, 0) is 85.5 Å². The van der Waals surface area contributed by atoms with Gasteiger partial charge in [0.15, 0.2) is 0 Å². The quantitative estimate of drug-likeness (QED) is 0.295. The lowest BCUT2D eigenvalue weighted by Gasteiger charge is -2.15. The van der Waals surface area contributed by atoms with Gasteiger partial charge in [-0.25, -0.2) is 4.79 Å². The number of fused-ring (bicyclic) bond motifs is 3. The maximum absolute atomic E-state index is 11.5. The van der Waals surface area contributed by atoms with Crippen LogP contribution in [0.4, 0.5) is 11.4 Å². The molecule has 3 aromatic carbocycles. The molecular formula is C27H19ClN2O3. The molecule has 0 unspecified atom stereocenters. The van der Waals surface area contributed by atoms with Gasteiger partial charge in [0.1, 0.15) is 17.1 Å². The normalized spacial score (nSPS) is 12.8. The summed E-state index contributed by atoms with van der Waals surface area (Å²) in [6.07, 6.45) is 3.12. The molecule has 0 spiro atoms. The maximum atomic E-state index is 11.5. The Morgan fingerprint density at radius 1 is 0.909 bits per heavy atom. The maximum Gasteiger partial charge on any atom is 0.336 e. The van der Waals surface area contributed by atoms with Crippen molar-refractivity contribution in [2.24, 2.45) is 0 Å². The predicted octanol–water partition coefficient (Wildman–Crippen LogP) is 7.02. The molecule has 0 amide bonds. The number of rotatable bonds is 4. The van der Waals surface area contributed by atoms with Gasteiger partial charge < -0.3 is 14.5 Å². The molecule has 0 radical (unpaired) electrons. The van der Waals surface area contributed by atoms with Crippen molar-refractivity contribution in [3.05, 3.63) is 99.5 Å². The highest BCUT2D eigenvalue weighted by Crippen LogP contribution is 2.37. The number of pyridine rings is 1. The van der Waals surface area contributed by atoms with Crippen LogP contribution in [0.25, 0.3) is 21.9 Å². The molecule has 6 heteroatoms. The Bertz CT molecular complexity index is 1580. The molecule has 5 aromatic rings. The summed E-state index contributed by atoms with van der Waals surface area (Å²) in [5, 5.41) is 6.16. The van der Waals surface area contributed by atoms with Crippen LogP contribution in [0.15, 0.2) is 82.0 Å². The standard InChI is InChI=1S/C27H19ClN2O3/c28-17-6-12-24-22(14-17)27(21-2-1-3-23(21)30-24)29-18-7-10-19(11-8-18)32-20-9-4-16-5-13-26(31)33-25(16)15-20/h4-15H,1-3H2,(H,29,30). The van der Waals surface area contributed by atoms with Crippen LogP contribution < -0.4 is 15.7 Å². The monoisotopic (exact) mass is 454 g/mol. The van der Waals surface area contributed by atoms with Crippen LogP contribution in [0.1, 0.15) is 17.7 Å². The number of hydrogen-bond donors (Lipinski definition) is 1. The Balaban J connectivity index is 1.29. The van der Waals surface area contributed by atoms with Crippen LogP contribution in [0.5, 0.6) is 11.5 Å². The minimum absolute atomic E-state index is 0.383. The second kappa shape index (κ2) is 7.94. The SMILES string of the molecule is O=c1ccc2ccc(Oc3ccc(Nc4c5c(nc6ccc(Cl)cc46)CCC5)cc3)cc2o1. The molecule has 1 N–H and O–H groups in total. The molecule has 2 heterocycles. The van der Waals surface area contributed by atoms with E-state index in [2.05, 4.69) is 5.32 Å². The summed E-state index contributed by atoms with van der Waals surface area (Å²) in [6, 6.07) is 22.2. The molecule has 0 fully saturated rings. The van der Waals surface area contributed by atoms with Crippen molar-refractivity contribution in [1.29, 1.82) is 0 Å². The number of benzene rings is 3. The average molecular weight is 455 g/mol. The lowest BCUT2D eigenvalue weighted by atomic mass is 10.1.